The largest absolute Gasteiger partial charge is 0.310 e. The van der Waals surface area contributed by atoms with E-state index in [0.717, 1.165) is 55.3 Å². The average molecular weight is 589 g/mol. The summed E-state index contributed by atoms with van der Waals surface area (Å²) in [6.45, 7) is 0. The summed E-state index contributed by atoms with van der Waals surface area (Å²) in [6, 6.07) is 60.0. The number of fused-ring (bicyclic) bond motifs is 6. The second kappa shape index (κ2) is 10.7. The molecule has 0 fully saturated rings. The van der Waals surface area contributed by atoms with Gasteiger partial charge in [-0.2, -0.15) is 4.80 Å². The highest BCUT2D eigenvalue weighted by Gasteiger charge is 2.16. The minimum absolute atomic E-state index is 0.874. The fourth-order valence-corrected chi connectivity index (χ4v) is 6.52. The third kappa shape index (κ3) is 4.47. The van der Waals surface area contributed by atoms with Crippen molar-refractivity contribution in [2.24, 2.45) is 0 Å². The van der Waals surface area contributed by atoms with Crippen LogP contribution in [0.25, 0.3) is 60.2 Å². The molecule has 0 unspecified atom stereocenters. The average Bonchev–Trinajstić information content (AvgIpc) is 3.57. The Balaban J connectivity index is 1.19. The van der Waals surface area contributed by atoms with Crippen molar-refractivity contribution in [2.45, 2.75) is 0 Å². The minimum atomic E-state index is 0.874. The van der Waals surface area contributed by atoms with E-state index in [9.17, 15) is 0 Å². The number of benzene rings is 8. The highest BCUT2D eigenvalue weighted by atomic mass is 15.5. The molecular formula is C42H28N4. The van der Waals surface area contributed by atoms with E-state index in [4.69, 9.17) is 10.2 Å². The number of para-hydroxylation sites is 2. The molecule has 0 aliphatic rings. The van der Waals surface area contributed by atoms with E-state index in [1.54, 1.807) is 4.80 Å². The Kier molecular flexibility index (Phi) is 6.10. The van der Waals surface area contributed by atoms with Gasteiger partial charge in [0.25, 0.3) is 0 Å². The highest BCUT2D eigenvalue weighted by Crippen LogP contribution is 2.39. The zero-order valence-electron chi connectivity index (χ0n) is 25.0. The SMILES string of the molecule is c1ccc(N(c2ccc(-c3ccc4ccccc4c3)cc2)c2ccc3ccc4ccc5nn(-c6ccccc6)nc5c4c3c2)cc1. The van der Waals surface area contributed by atoms with E-state index in [1.165, 1.54) is 21.9 Å². The Bertz CT molecular complexity index is 2520. The summed E-state index contributed by atoms with van der Waals surface area (Å²) in [5.74, 6) is 0. The Hall–Kier alpha value is -6.26. The van der Waals surface area contributed by atoms with Gasteiger partial charge in [-0.1, -0.05) is 109 Å². The maximum Gasteiger partial charge on any atom is 0.122 e. The van der Waals surface area contributed by atoms with Crippen molar-refractivity contribution in [1.82, 2.24) is 15.0 Å². The molecule has 0 bridgehead atoms. The van der Waals surface area contributed by atoms with Gasteiger partial charge < -0.3 is 4.90 Å². The normalized spacial score (nSPS) is 11.5. The third-order valence-electron chi connectivity index (χ3n) is 8.80. The predicted molar refractivity (Wildman–Crippen MR) is 192 cm³/mol. The molecule has 4 nitrogen and oxygen atoms in total. The van der Waals surface area contributed by atoms with Crippen LogP contribution in [0, 0.1) is 0 Å². The molecule has 8 aromatic carbocycles. The van der Waals surface area contributed by atoms with Crippen LogP contribution in [0.5, 0.6) is 0 Å². The summed E-state index contributed by atoms with van der Waals surface area (Å²) < 4.78 is 0. The van der Waals surface area contributed by atoms with Gasteiger partial charge in [-0.15, -0.1) is 10.2 Å². The van der Waals surface area contributed by atoms with Crippen molar-refractivity contribution in [3.63, 3.8) is 0 Å². The number of nitrogens with zero attached hydrogens (tertiary/aromatic N) is 4. The van der Waals surface area contributed by atoms with Crippen molar-refractivity contribution in [3.05, 3.63) is 170 Å². The Labute approximate surface area is 266 Å². The topological polar surface area (TPSA) is 34.0 Å². The molecule has 9 rings (SSSR count). The summed E-state index contributed by atoms with van der Waals surface area (Å²) in [5.41, 5.74) is 8.38. The smallest absolute Gasteiger partial charge is 0.122 e. The van der Waals surface area contributed by atoms with Crippen molar-refractivity contribution in [3.8, 4) is 16.8 Å². The molecule has 0 N–H and O–H groups in total. The molecule has 0 aliphatic heterocycles. The van der Waals surface area contributed by atoms with Crippen molar-refractivity contribution in [2.75, 3.05) is 4.90 Å². The van der Waals surface area contributed by atoms with Gasteiger partial charge >= 0.3 is 0 Å². The lowest BCUT2D eigenvalue weighted by molar-refractivity contribution is 0.766. The summed E-state index contributed by atoms with van der Waals surface area (Å²) in [7, 11) is 0. The van der Waals surface area contributed by atoms with Crippen molar-refractivity contribution in [1.29, 1.82) is 0 Å². The fourth-order valence-electron chi connectivity index (χ4n) is 6.52. The van der Waals surface area contributed by atoms with Gasteiger partial charge in [-0.3, -0.25) is 0 Å². The van der Waals surface area contributed by atoms with Crippen LogP contribution in [0.4, 0.5) is 17.1 Å². The fraction of sp³-hybridized carbons (Fsp3) is 0. The molecule has 0 saturated heterocycles. The zero-order valence-corrected chi connectivity index (χ0v) is 25.0. The van der Waals surface area contributed by atoms with E-state index in [2.05, 4.69) is 144 Å². The lowest BCUT2D eigenvalue weighted by atomic mass is 9.99. The van der Waals surface area contributed by atoms with Gasteiger partial charge in [0.05, 0.1) is 5.69 Å². The summed E-state index contributed by atoms with van der Waals surface area (Å²) in [4.78, 5) is 4.06. The second-order valence-electron chi connectivity index (χ2n) is 11.6. The van der Waals surface area contributed by atoms with Gasteiger partial charge in [0.1, 0.15) is 11.0 Å². The van der Waals surface area contributed by atoms with E-state index in [0.29, 0.717) is 0 Å². The van der Waals surface area contributed by atoms with Crippen molar-refractivity contribution >= 4 is 60.4 Å². The van der Waals surface area contributed by atoms with Crippen LogP contribution in [0.15, 0.2) is 170 Å². The maximum atomic E-state index is 5.00. The lowest BCUT2D eigenvalue weighted by Gasteiger charge is -2.26. The van der Waals surface area contributed by atoms with Crippen LogP contribution in [0.2, 0.25) is 0 Å². The van der Waals surface area contributed by atoms with Gasteiger partial charge in [-0.05, 0) is 98.7 Å². The molecule has 0 spiro atoms. The molecule has 1 aromatic heterocycles. The molecule has 46 heavy (non-hydrogen) atoms. The third-order valence-corrected chi connectivity index (χ3v) is 8.80. The Morgan fingerprint density at radius 2 is 1.02 bits per heavy atom. The first-order chi connectivity index (χ1) is 22.8. The van der Waals surface area contributed by atoms with E-state index in [1.807, 2.05) is 30.3 Å². The Morgan fingerprint density at radius 3 is 1.85 bits per heavy atom. The molecule has 0 atom stereocenters. The van der Waals surface area contributed by atoms with Crippen LogP contribution >= 0.6 is 0 Å². The molecule has 0 radical (unpaired) electrons. The van der Waals surface area contributed by atoms with Gasteiger partial charge in [0.15, 0.2) is 0 Å². The number of hydrogen-bond acceptors (Lipinski definition) is 3. The van der Waals surface area contributed by atoms with E-state index >= 15 is 0 Å². The first-order valence-corrected chi connectivity index (χ1v) is 15.5. The molecule has 216 valence electrons. The van der Waals surface area contributed by atoms with Crippen LogP contribution < -0.4 is 4.90 Å². The number of hydrogen-bond donors (Lipinski definition) is 0. The van der Waals surface area contributed by atoms with E-state index in [-0.39, 0.29) is 0 Å². The second-order valence-corrected chi connectivity index (χ2v) is 11.6. The molecule has 0 aliphatic carbocycles. The van der Waals surface area contributed by atoms with Gasteiger partial charge in [0.2, 0.25) is 0 Å². The number of anilines is 3. The minimum Gasteiger partial charge on any atom is -0.310 e. The number of aromatic nitrogens is 3. The first kappa shape index (κ1) is 26.2. The maximum absolute atomic E-state index is 5.00. The summed E-state index contributed by atoms with van der Waals surface area (Å²) >= 11 is 0. The number of rotatable bonds is 5. The predicted octanol–water partition coefficient (Wildman–Crippen LogP) is 11.0. The standard InChI is InChI=1S/C42H28N4/c1-3-11-35(12-4-1)45(36-23-19-30(20-24-36)34-18-15-29-9-7-8-10-33(29)27-34)38-25-21-31-16-17-32-22-26-40-42(41(32)39(31)28-38)44-46(43-40)37-13-5-2-6-14-37/h1-28H. The van der Waals surface area contributed by atoms with Gasteiger partial charge in [0, 0.05) is 22.4 Å². The van der Waals surface area contributed by atoms with Crippen LogP contribution in [-0.2, 0) is 0 Å². The molecular weight excluding hydrogens is 560 g/mol. The van der Waals surface area contributed by atoms with Crippen LogP contribution in [0.3, 0.4) is 0 Å². The molecule has 4 heteroatoms. The zero-order chi connectivity index (χ0) is 30.5. The molecule has 9 aromatic rings. The van der Waals surface area contributed by atoms with Crippen LogP contribution in [-0.4, -0.2) is 15.0 Å². The monoisotopic (exact) mass is 588 g/mol. The first-order valence-electron chi connectivity index (χ1n) is 15.5. The molecule has 0 saturated carbocycles. The Morgan fingerprint density at radius 1 is 0.413 bits per heavy atom. The quantitative estimate of drug-likeness (QED) is 0.188. The highest BCUT2D eigenvalue weighted by molar-refractivity contribution is 6.19. The molecule has 0 amide bonds. The van der Waals surface area contributed by atoms with Crippen LogP contribution in [0.1, 0.15) is 0 Å². The summed E-state index contributed by atoms with van der Waals surface area (Å²) in [5, 5.41) is 16.9. The van der Waals surface area contributed by atoms with Gasteiger partial charge in [-0.25, -0.2) is 0 Å². The molecule has 1 heterocycles. The summed E-state index contributed by atoms with van der Waals surface area (Å²) in [6.07, 6.45) is 0. The lowest BCUT2D eigenvalue weighted by Crippen LogP contribution is -2.09. The van der Waals surface area contributed by atoms with E-state index < -0.39 is 0 Å². The van der Waals surface area contributed by atoms with Crippen molar-refractivity contribution < 1.29 is 0 Å².